The van der Waals surface area contributed by atoms with E-state index in [0.717, 1.165) is 19.6 Å². The second-order valence-electron chi connectivity index (χ2n) is 3.74. The van der Waals surface area contributed by atoms with E-state index in [-0.39, 0.29) is 0 Å². The van der Waals surface area contributed by atoms with Crippen molar-refractivity contribution in [1.29, 1.82) is 0 Å². The van der Waals surface area contributed by atoms with Gasteiger partial charge in [0.2, 0.25) is 0 Å². The molecular formula is C13H28O4. The molecule has 0 aliphatic rings. The molecule has 0 aliphatic heterocycles. The Hall–Kier alpha value is -0.160. The minimum atomic E-state index is 0.628. The highest BCUT2D eigenvalue weighted by molar-refractivity contribution is 4.37. The quantitative estimate of drug-likeness (QED) is 0.442. The minimum Gasteiger partial charge on any atom is -0.379 e. The maximum Gasteiger partial charge on any atom is 0.0701 e. The zero-order valence-corrected chi connectivity index (χ0v) is 11.4. The lowest BCUT2D eigenvalue weighted by Gasteiger charge is -2.06. The summed E-state index contributed by atoms with van der Waals surface area (Å²) in [5.74, 6) is 0. The fraction of sp³-hybridized carbons (Fsp3) is 1.00. The van der Waals surface area contributed by atoms with E-state index in [1.165, 1.54) is 12.8 Å². The van der Waals surface area contributed by atoms with E-state index in [9.17, 15) is 0 Å². The van der Waals surface area contributed by atoms with E-state index < -0.39 is 0 Å². The van der Waals surface area contributed by atoms with Crippen molar-refractivity contribution >= 4 is 0 Å². The van der Waals surface area contributed by atoms with Crippen molar-refractivity contribution in [2.45, 2.75) is 33.1 Å². The van der Waals surface area contributed by atoms with Crippen LogP contribution in [0.25, 0.3) is 0 Å². The zero-order chi connectivity index (χ0) is 12.6. The van der Waals surface area contributed by atoms with Crippen molar-refractivity contribution in [3.63, 3.8) is 0 Å². The van der Waals surface area contributed by atoms with Gasteiger partial charge in [-0.05, 0) is 13.3 Å². The lowest BCUT2D eigenvalue weighted by atomic mass is 10.3. The fourth-order valence-electron chi connectivity index (χ4n) is 1.26. The second-order valence-corrected chi connectivity index (χ2v) is 3.74. The van der Waals surface area contributed by atoms with Gasteiger partial charge in [0, 0.05) is 13.2 Å². The van der Waals surface area contributed by atoms with Crippen LogP contribution in [-0.2, 0) is 18.9 Å². The third-order valence-electron chi connectivity index (χ3n) is 2.21. The number of ether oxygens (including phenoxy) is 4. The molecule has 0 fully saturated rings. The van der Waals surface area contributed by atoms with Gasteiger partial charge in [0.1, 0.15) is 0 Å². The van der Waals surface area contributed by atoms with Crippen molar-refractivity contribution in [3.05, 3.63) is 0 Å². The van der Waals surface area contributed by atoms with Gasteiger partial charge in [-0.2, -0.15) is 0 Å². The average molecular weight is 248 g/mol. The van der Waals surface area contributed by atoms with Crippen molar-refractivity contribution in [1.82, 2.24) is 0 Å². The van der Waals surface area contributed by atoms with Gasteiger partial charge in [0.15, 0.2) is 0 Å². The number of unbranched alkanes of at least 4 members (excludes halogenated alkanes) is 2. The first-order valence-electron chi connectivity index (χ1n) is 6.72. The van der Waals surface area contributed by atoms with Crippen molar-refractivity contribution in [2.75, 3.05) is 52.9 Å². The highest BCUT2D eigenvalue weighted by Gasteiger charge is 1.92. The largest absolute Gasteiger partial charge is 0.379 e. The molecule has 104 valence electrons. The lowest BCUT2D eigenvalue weighted by Crippen LogP contribution is -2.12. The summed E-state index contributed by atoms with van der Waals surface area (Å²) in [4.78, 5) is 0. The fourth-order valence-corrected chi connectivity index (χ4v) is 1.26. The maximum atomic E-state index is 5.41. The molecule has 0 heterocycles. The topological polar surface area (TPSA) is 36.9 Å². The molecule has 0 unspecified atom stereocenters. The molecule has 0 N–H and O–H groups in total. The molecule has 0 saturated heterocycles. The second kappa shape index (κ2) is 15.8. The number of hydrogen-bond donors (Lipinski definition) is 0. The summed E-state index contributed by atoms with van der Waals surface area (Å²) in [5.41, 5.74) is 0. The summed E-state index contributed by atoms with van der Waals surface area (Å²) in [7, 11) is 0. The molecule has 17 heavy (non-hydrogen) atoms. The van der Waals surface area contributed by atoms with Crippen LogP contribution in [0.3, 0.4) is 0 Å². The summed E-state index contributed by atoms with van der Waals surface area (Å²) >= 11 is 0. The standard InChI is InChI=1S/C13H28O4/c1-3-5-6-7-15-10-11-17-13-12-16-9-8-14-4-2/h3-13H2,1-2H3. The Labute approximate surface area is 106 Å². The molecule has 4 nitrogen and oxygen atoms in total. The molecule has 0 aromatic carbocycles. The molecule has 0 atom stereocenters. The zero-order valence-electron chi connectivity index (χ0n) is 11.4. The highest BCUT2D eigenvalue weighted by atomic mass is 16.6. The summed E-state index contributed by atoms with van der Waals surface area (Å²) < 4.78 is 21.2. The van der Waals surface area contributed by atoms with Gasteiger partial charge in [-0.25, -0.2) is 0 Å². The Morgan fingerprint density at radius 3 is 1.47 bits per heavy atom. The molecule has 0 aliphatic carbocycles. The van der Waals surface area contributed by atoms with Gasteiger partial charge in [-0.3, -0.25) is 0 Å². The predicted octanol–water partition coefficient (Wildman–Crippen LogP) is 2.26. The molecule has 0 saturated carbocycles. The lowest BCUT2D eigenvalue weighted by molar-refractivity contribution is -0.000812. The molecule has 0 aromatic heterocycles. The van der Waals surface area contributed by atoms with E-state index in [2.05, 4.69) is 6.92 Å². The predicted molar refractivity (Wildman–Crippen MR) is 68.5 cm³/mol. The first-order valence-corrected chi connectivity index (χ1v) is 6.72. The van der Waals surface area contributed by atoms with Gasteiger partial charge < -0.3 is 18.9 Å². The Bertz CT molecular complexity index is 117. The summed E-state index contributed by atoms with van der Waals surface area (Å²) in [6, 6.07) is 0. The Morgan fingerprint density at radius 2 is 1.00 bits per heavy atom. The summed E-state index contributed by atoms with van der Waals surface area (Å²) in [6.07, 6.45) is 3.63. The summed E-state index contributed by atoms with van der Waals surface area (Å²) in [5, 5.41) is 0. The van der Waals surface area contributed by atoms with Gasteiger partial charge in [0.05, 0.1) is 39.6 Å². The van der Waals surface area contributed by atoms with E-state index >= 15 is 0 Å². The van der Waals surface area contributed by atoms with E-state index in [0.29, 0.717) is 39.6 Å². The number of hydrogen-bond acceptors (Lipinski definition) is 4. The van der Waals surface area contributed by atoms with Crippen LogP contribution in [0.2, 0.25) is 0 Å². The Balaban J connectivity index is 2.85. The number of rotatable bonds is 14. The van der Waals surface area contributed by atoms with E-state index in [1.54, 1.807) is 0 Å². The summed E-state index contributed by atoms with van der Waals surface area (Å²) in [6.45, 7) is 9.66. The molecule has 0 spiro atoms. The van der Waals surface area contributed by atoms with Gasteiger partial charge in [-0.15, -0.1) is 0 Å². The van der Waals surface area contributed by atoms with Crippen LogP contribution in [0, 0.1) is 0 Å². The van der Waals surface area contributed by atoms with Crippen LogP contribution in [0.1, 0.15) is 33.1 Å². The van der Waals surface area contributed by atoms with Gasteiger partial charge in [0.25, 0.3) is 0 Å². The van der Waals surface area contributed by atoms with Crippen LogP contribution >= 0.6 is 0 Å². The molecule has 0 amide bonds. The van der Waals surface area contributed by atoms with Crippen LogP contribution < -0.4 is 0 Å². The average Bonchev–Trinajstić information content (AvgIpc) is 2.35. The molecule has 0 radical (unpaired) electrons. The molecule has 0 aromatic rings. The van der Waals surface area contributed by atoms with Crippen LogP contribution in [0.5, 0.6) is 0 Å². The third kappa shape index (κ3) is 15.8. The Kier molecular flexibility index (Phi) is 15.7. The molecule has 4 heteroatoms. The Morgan fingerprint density at radius 1 is 0.529 bits per heavy atom. The third-order valence-corrected chi connectivity index (χ3v) is 2.21. The first-order chi connectivity index (χ1) is 8.41. The monoisotopic (exact) mass is 248 g/mol. The van der Waals surface area contributed by atoms with E-state index in [4.69, 9.17) is 18.9 Å². The molecule has 0 rings (SSSR count). The maximum absolute atomic E-state index is 5.41. The normalized spacial score (nSPS) is 10.9. The van der Waals surface area contributed by atoms with Crippen LogP contribution in [0.4, 0.5) is 0 Å². The van der Waals surface area contributed by atoms with Crippen LogP contribution in [-0.4, -0.2) is 52.9 Å². The minimum absolute atomic E-state index is 0.628. The van der Waals surface area contributed by atoms with E-state index in [1.807, 2.05) is 6.92 Å². The molecular weight excluding hydrogens is 220 g/mol. The SMILES string of the molecule is CCCCCOCCOCCOCCOCC. The highest BCUT2D eigenvalue weighted by Crippen LogP contribution is 1.93. The molecule has 0 bridgehead atoms. The smallest absolute Gasteiger partial charge is 0.0701 e. The van der Waals surface area contributed by atoms with Crippen LogP contribution in [0.15, 0.2) is 0 Å². The first kappa shape index (κ1) is 16.8. The van der Waals surface area contributed by atoms with Crippen molar-refractivity contribution < 1.29 is 18.9 Å². The van der Waals surface area contributed by atoms with Crippen molar-refractivity contribution in [3.8, 4) is 0 Å². The van der Waals surface area contributed by atoms with Crippen molar-refractivity contribution in [2.24, 2.45) is 0 Å². The van der Waals surface area contributed by atoms with Gasteiger partial charge >= 0.3 is 0 Å². The van der Waals surface area contributed by atoms with Gasteiger partial charge in [-0.1, -0.05) is 19.8 Å².